The number of hydrogen-bond donors (Lipinski definition) is 1. The smallest absolute Gasteiger partial charge is 0.329 e. The van der Waals surface area contributed by atoms with Gasteiger partial charge in [-0.1, -0.05) is 6.07 Å². The molecule has 0 radical (unpaired) electrons. The summed E-state index contributed by atoms with van der Waals surface area (Å²) in [5, 5.41) is 2.98. The largest absolute Gasteiger partial charge is 0.458 e. The van der Waals surface area contributed by atoms with Crippen LogP contribution in [0.15, 0.2) is 18.2 Å². The topological polar surface area (TPSA) is 38.3 Å². The van der Waals surface area contributed by atoms with E-state index >= 15 is 0 Å². The van der Waals surface area contributed by atoms with Gasteiger partial charge in [0, 0.05) is 17.7 Å². The second kappa shape index (κ2) is 4.02. The molecule has 0 saturated heterocycles. The summed E-state index contributed by atoms with van der Waals surface area (Å²) in [5.74, 6) is -0.617. The number of nitrogens with one attached hydrogen (secondary N) is 1. The minimum Gasteiger partial charge on any atom is -0.458 e. The van der Waals surface area contributed by atoms with Crippen molar-refractivity contribution in [2.75, 3.05) is 5.32 Å². The molecule has 1 atom stereocenters. The number of carbonyl (C=O) groups is 1. The van der Waals surface area contributed by atoms with Gasteiger partial charge in [-0.3, -0.25) is 0 Å². The lowest BCUT2D eigenvalue weighted by atomic mass is 10.1. The third-order valence-corrected chi connectivity index (χ3v) is 2.55. The lowest BCUT2D eigenvalue weighted by Crippen LogP contribution is -2.35. The lowest BCUT2D eigenvalue weighted by Gasteiger charge is -2.22. The van der Waals surface area contributed by atoms with Gasteiger partial charge in [-0.25, -0.2) is 9.18 Å². The van der Waals surface area contributed by atoms with Gasteiger partial charge in [-0.05, 0) is 32.9 Å². The first-order chi connectivity index (χ1) is 7.87. The molecule has 1 aliphatic heterocycles. The molecule has 0 aliphatic carbocycles. The zero-order chi connectivity index (χ0) is 12.6. The van der Waals surface area contributed by atoms with Crippen molar-refractivity contribution in [2.45, 2.75) is 38.8 Å². The Kier molecular flexibility index (Phi) is 2.81. The number of fused-ring (bicyclic) bond motifs is 1. The lowest BCUT2D eigenvalue weighted by molar-refractivity contribution is -0.155. The highest BCUT2D eigenvalue weighted by Crippen LogP contribution is 2.28. The predicted octanol–water partition coefficient (Wildman–Crippen LogP) is 2.50. The molecule has 92 valence electrons. The summed E-state index contributed by atoms with van der Waals surface area (Å²) in [6.45, 7) is 5.44. The molecule has 1 aliphatic rings. The SMILES string of the molecule is CC(C)(C)OC(=O)[C@H]1Cc2c(F)cccc2N1. The van der Waals surface area contributed by atoms with Gasteiger partial charge >= 0.3 is 5.97 Å². The Morgan fingerprint density at radius 3 is 2.76 bits per heavy atom. The first-order valence-electron chi connectivity index (χ1n) is 5.63. The Hall–Kier alpha value is -1.58. The monoisotopic (exact) mass is 237 g/mol. The van der Waals surface area contributed by atoms with E-state index in [2.05, 4.69) is 5.32 Å². The molecule has 0 aromatic heterocycles. The predicted molar refractivity (Wildman–Crippen MR) is 63.4 cm³/mol. The van der Waals surface area contributed by atoms with Gasteiger partial charge in [0.2, 0.25) is 0 Å². The number of anilines is 1. The van der Waals surface area contributed by atoms with E-state index in [4.69, 9.17) is 4.74 Å². The van der Waals surface area contributed by atoms with Crippen molar-refractivity contribution in [3.63, 3.8) is 0 Å². The molecule has 0 fully saturated rings. The molecule has 0 spiro atoms. The van der Waals surface area contributed by atoms with E-state index in [1.807, 2.05) is 20.8 Å². The maximum atomic E-state index is 13.5. The Balaban J connectivity index is 2.10. The summed E-state index contributed by atoms with van der Waals surface area (Å²) in [5.41, 5.74) is 0.718. The van der Waals surface area contributed by atoms with E-state index < -0.39 is 11.6 Å². The van der Waals surface area contributed by atoms with Crippen molar-refractivity contribution in [3.8, 4) is 0 Å². The molecule has 0 unspecified atom stereocenters. The van der Waals surface area contributed by atoms with Gasteiger partial charge < -0.3 is 10.1 Å². The number of benzene rings is 1. The number of carbonyl (C=O) groups excluding carboxylic acids is 1. The van der Waals surface area contributed by atoms with E-state index in [0.29, 0.717) is 17.7 Å². The Morgan fingerprint density at radius 2 is 2.18 bits per heavy atom. The van der Waals surface area contributed by atoms with Crippen LogP contribution in [-0.4, -0.2) is 17.6 Å². The molecule has 17 heavy (non-hydrogen) atoms. The highest BCUT2D eigenvalue weighted by Gasteiger charge is 2.31. The van der Waals surface area contributed by atoms with Gasteiger partial charge in [-0.15, -0.1) is 0 Å². The zero-order valence-electron chi connectivity index (χ0n) is 10.2. The van der Waals surface area contributed by atoms with Crippen LogP contribution in [0.1, 0.15) is 26.3 Å². The van der Waals surface area contributed by atoms with Crippen molar-refractivity contribution in [3.05, 3.63) is 29.6 Å². The number of rotatable bonds is 1. The standard InChI is InChI=1S/C13H16FNO2/c1-13(2,3)17-12(16)11-7-8-9(14)5-4-6-10(8)15-11/h4-6,11,15H,7H2,1-3H3/t11-/m1/s1. The van der Waals surface area contributed by atoms with Gasteiger partial charge in [0.05, 0.1) is 0 Å². The average molecular weight is 237 g/mol. The van der Waals surface area contributed by atoms with Crippen molar-refractivity contribution < 1.29 is 13.9 Å². The first-order valence-corrected chi connectivity index (χ1v) is 5.63. The van der Waals surface area contributed by atoms with Crippen LogP contribution >= 0.6 is 0 Å². The van der Waals surface area contributed by atoms with Crippen LogP contribution in [0.25, 0.3) is 0 Å². The average Bonchev–Trinajstić information content (AvgIpc) is 2.60. The highest BCUT2D eigenvalue weighted by atomic mass is 19.1. The van der Waals surface area contributed by atoms with Crippen LogP contribution in [0.2, 0.25) is 0 Å². The molecule has 0 amide bonds. The quantitative estimate of drug-likeness (QED) is 0.763. The van der Waals surface area contributed by atoms with Gasteiger partial charge in [0.1, 0.15) is 17.5 Å². The van der Waals surface area contributed by atoms with Gasteiger partial charge in [0.15, 0.2) is 0 Å². The number of hydrogen-bond acceptors (Lipinski definition) is 3. The van der Waals surface area contributed by atoms with Crippen LogP contribution in [-0.2, 0) is 16.0 Å². The van der Waals surface area contributed by atoms with E-state index in [0.717, 1.165) is 0 Å². The zero-order valence-corrected chi connectivity index (χ0v) is 10.2. The van der Waals surface area contributed by atoms with Crippen LogP contribution in [0, 0.1) is 5.82 Å². The van der Waals surface area contributed by atoms with E-state index in [1.165, 1.54) is 6.07 Å². The summed E-state index contributed by atoms with van der Waals surface area (Å²) < 4.78 is 18.7. The van der Waals surface area contributed by atoms with Crippen LogP contribution in [0.4, 0.5) is 10.1 Å². The minimum atomic E-state index is -0.522. The molecule has 1 aromatic carbocycles. The molecule has 0 saturated carbocycles. The molecular formula is C13H16FNO2. The van der Waals surface area contributed by atoms with E-state index in [1.54, 1.807) is 12.1 Å². The number of esters is 1. The molecule has 3 nitrogen and oxygen atoms in total. The van der Waals surface area contributed by atoms with Crippen LogP contribution in [0.3, 0.4) is 0 Å². The summed E-state index contributed by atoms with van der Waals surface area (Å²) in [6.07, 6.45) is 0.344. The fourth-order valence-corrected chi connectivity index (χ4v) is 1.86. The Labute approximate surface area is 100.0 Å². The van der Waals surface area contributed by atoms with Crippen LogP contribution < -0.4 is 5.32 Å². The fourth-order valence-electron chi connectivity index (χ4n) is 1.86. The normalized spacial score (nSPS) is 18.5. The molecule has 0 bridgehead atoms. The molecule has 1 N–H and O–H groups in total. The van der Waals surface area contributed by atoms with Crippen LogP contribution in [0.5, 0.6) is 0 Å². The maximum Gasteiger partial charge on any atom is 0.329 e. The third-order valence-electron chi connectivity index (χ3n) is 2.55. The van der Waals surface area contributed by atoms with Crippen molar-refractivity contribution in [2.24, 2.45) is 0 Å². The summed E-state index contributed by atoms with van der Waals surface area (Å²) in [6, 6.07) is 4.31. The molecule has 1 aromatic rings. The van der Waals surface area contributed by atoms with Crippen molar-refractivity contribution in [1.82, 2.24) is 0 Å². The van der Waals surface area contributed by atoms with E-state index in [9.17, 15) is 9.18 Å². The first kappa shape index (κ1) is 11.9. The highest BCUT2D eigenvalue weighted by molar-refractivity contribution is 5.83. The summed E-state index contributed by atoms with van der Waals surface area (Å²) in [7, 11) is 0. The second-order valence-corrected chi connectivity index (χ2v) is 5.20. The summed E-state index contributed by atoms with van der Waals surface area (Å²) >= 11 is 0. The Bertz CT molecular complexity index is 451. The Morgan fingerprint density at radius 1 is 1.47 bits per heavy atom. The van der Waals surface area contributed by atoms with Crippen molar-refractivity contribution >= 4 is 11.7 Å². The number of ether oxygens (including phenoxy) is 1. The van der Waals surface area contributed by atoms with E-state index in [-0.39, 0.29) is 11.8 Å². The molecule has 2 rings (SSSR count). The fraction of sp³-hybridized carbons (Fsp3) is 0.462. The molecule has 4 heteroatoms. The van der Waals surface area contributed by atoms with Gasteiger partial charge in [0.25, 0.3) is 0 Å². The maximum absolute atomic E-state index is 13.5. The number of halogens is 1. The van der Waals surface area contributed by atoms with Crippen molar-refractivity contribution in [1.29, 1.82) is 0 Å². The second-order valence-electron chi connectivity index (χ2n) is 5.20. The summed E-state index contributed by atoms with van der Waals surface area (Å²) in [4.78, 5) is 11.8. The molecule has 1 heterocycles. The molecular weight excluding hydrogens is 221 g/mol. The minimum absolute atomic E-state index is 0.277. The third kappa shape index (κ3) is 2.57. The van der Waals surface area contributed by atoms with Gasteiger partial charge in [-0.2, -0.15) is 0 Å².